The Morgan fingerprint density at radius 3 is 2.18 bits per heavy atom. The van der Waals surface area contributed by atoms with Crippen LogP contribution in [-0.4, -0.2) is 8.76 Å². The van der Waals surface area contributed by atoms with Crippen molar-refractivity contribution in [3.05, 3.63) is 29.3 Å². The lowest BCUT2D eigenvalue weighted by Crippen LogP contribution is -2.04. The zero-order valence-electron chi connectivity index (χ0n) is 14.0. The number of rotatable bonds is 12. The zero-order chi connectivity index (χ0) is 16.2. The smallest absolute Gasteiger partial charge is 0.357 e. The van der Waals surface area contributed by atoms with E-state index < -0.39 is 11.4 Å². The average Bonchev–Trinajstić information content (AvgIpc) is 2.49. The first kappa shape index (κ1) is 19.2. The molecule has 1 aromatic carbocycles. The van der Waals surface area contributed by atoms with Gasteiger partial charge in [0.2, 0.25) is 0 Å². The summed E-state index contributed by atoms with van der Waals surface area (Å²) in [6, 6.07) is 5.86. The highest BCUT2D eigenvalue weighted by Crippen LogP contribution is 2.27. The van der Waals surface area contributed by atoms with E-state index in [0.717, 1.165) is 24.8 Å². The molecule has 1 aromatic rings. The van der Waals surface area contributed by atoms with Gasteiger partial charge in [0.25, 0.3) is 0 Å². The van der Waals surface area contributed by atoms with Gasteiger partial charge in [-0.25, -0.2) is 0 Å². The Hall–Kier alpha value is -0.870. The van der Waals surface area contributed by atoms with E-state index in [4.69, 9.17) is 8.74 Å². The van der Waals surface area contributed by atoms with E-state index >= 15 is 0 Å². The van der Waals surface area contributed by atoms with Gasteiger partial charge >= 0.3 is 11.4 Å². The van der Waals surface area contributed by atoms with Crippen LogP contribution in [0.3, 0.4) is 0 Å². The minimum absolute atomic E-state index is 0.574. The lowest BCUT2D eigenvalue weighted by molar-refractivity contribution is 0.454. The van der Waals surface area contributed by atoms with Crippen molar-refractivity contribution in [2.75, 3.05) is 0 Å². The van der Waals surface area contributed by atoms with Gasteiger partial charge in [-0.05, 0) is 42.9 Å². The fraction of sp³-hybridized carbons (Fsp3) is 0.667. The predicted molar refractivity (Wildman–Crippen MR) is 93.5 cm³/mol. The molecule has 126 valence electrons. The van der Waals surface area contributed by atoms with Crippen molar-refractivity contribution in [1.82, 2.24) is 0 Å². The van der Waals surface area contributed by atoms with Crippen molar-refractivity contribution in [3.8, 4) is 5.75 Å². The van der Waals surface area contributed by atoms with Gasteiger partial charge in [0.15, 0.2) is 0 Å². The molecular formula is C18H30O3S. The third kappa shape index (κ3) is 7.41. The summed E-state index contributed by atoms with van der Waals surface area (Å²) in [5, 5.41) is 0. The lowest BCUT2D eigenvalue weighted by Gasteiger charge is -2.14. The molecule has 0 fully saturated rings. The van der Waals surface area contributed by atoms with Crippen LogP contribution < -0.4 is 4.18 Å². The maximum atomic E-state index is 11.0. The molecule has 0 aromatic heterocycles. The van der Waals surface area contributed by atoms with Crippen LogP contribution in [0.25, 0.3) is 0 Å². The van der Waals surface area contributed by atoms with Gasteiger partial charge in [0, 0.05) is 0 Å². The molecule has 0 heterocycles. The van der Waals surface area contributed by atoms with Crippen LogP contribution in [0.1, 0.15) is 76.3 Å². The molecule has 0 radical (unpaired) electrons. The highest BCUT2D eigenvalue weighted by atomic mass is 32.2. The topological polar surface area (TPSA) is 46.5 Å². The molecule has 1 N–H and O–H groups in total. The normalized spacial score (nSPS) is 12.3. The summed E-state index contributed by atoms with van der Waals surface area (Å²) >= 11 is -2.25. The number of hydrogen-bond donors (Lipinski definition) is 1. The Morgan fingerprint density at radius 2 is 1.59 bits per heavy atom. The summed E-state index contributed by atoms with van der Waals surface area (Å²) in [6.45, 7) is 4.41. The summed E-state index contributed by atoms with van der Waals surface area (Å²) in [5.74, 6) is 0.574. The molecule has 0 aliphatic heterocycles. The van der Waals surface area contributed by atoms with Crippen molar-refractivity contribution in [2.45, 2.75) is 78.1 Å². The fourth-order valence-electron chi connectivity index (χ4n) is 2.75. The quantitative estimate of drug-likeness (QED) is 0.410. The number of aryl methyl sites for hydroxylation is 1. The maximum absolute atomic E-state index is 11.0. The maximum Gasteiger partial charge on any atom is 0.357 e. The van der Waals surface area contributed by atoms with Gasteiger partial charge in [0.05, 0.1) is 0 Å². The van der Waals surface area contributed by atoms with Gasteiger partial charge in [-0.3, -0.25) is 4.55 Å². The van der Waals surface area contributed by atoms with Gasteiger partial charge in [-0.1, -0.05) is 64.5 Å². The fourth-order valence-corrected chi connectivity index (χ4v) is 3.06. The molecule has 1 unspecified atom stereocenters. The number of benzene rings is 1. The first-order valence-electron chi connectivity index (χ1n) is 8.59. The molecule has 0 amide bonds. The summed E-state index contributed by atoms with van der Waals surface area (Å²) in [4.78, 5) is 0. The largest absolute Gasteiger partial charge is 0.380 e. The minimum atomic E-state index is -2.25. The summed E-state index contributed by atoms with van der Waals surface area (Å²) in [7, 11) is 0. The van der Waals surface area contributed by atoms with Crippen molar-refractivity contribution < 1.29 is 12.9 Å². The van der Waals surface area contributed by atoms with Gasteiger partial charge in [-0.15, -0.1) is 0 Å². The second kappa shape index (κ2) is 11.7. The van der Waals surface area contributed by atoms with E-state index in [2.05, 4.69) is 19.9 Å². The van der Waals surface area contributed by atoms with E-state index in [-0.39, 0.29) is 0 Å². The monoisotopic (exact) mass is 326 g/mol. The van der Waals surface area contributed by atoms with Gasteiger partial charge in [0.1, 0.15) is 5.75 Å². The molecule has 0 aliphatic rings. The highest BCUT2D eigenvalue weighted by Gasteiger charge is 2.11. The minimum Gasteiger partial charge on any atom is -0.380 e. The van der Waals surface area contributed by atoms with Crippen molar-refractivity contribution in [3.63, 3.8) is 0 Å². The van der Waals surface area contributed by atoms with Crippen LogP contribution in [0.4, 0.5) is 0 Å². The van der Waals surface area contributed by atoms with Gasteiger partial charge in [-0.2, -0.15) is 4.21 Å². The Kier molecular flexibility index (Phi) is 10.2. The SMILES string of the molecule is CCCCCCc1cccc(OS(=O)O)c1CCCCCC. The molecule has 0 spiro atoms. The third-order valence-electron chi connectivity index (χ3n) is 3.97. The molecule has 1 rings (SSSR count). The van der Waals surface area contributed by atoms with Crippen LogP contribution in [0.5, 0.6) is 5.75 Å². The standard InChI is InChI=1S/C18H30O3S/c1-3-5-7-9-12-16-13-11-15-18(21-22(19)20)17(16)14-10-8-6-4-2/h11,13,15H,3-10,12,14H2,1-2H3,(H,19,20). The first-order valence-corrected chi connectivity index (χ1v) is 9.62. The molecule has 1 atom stereocenters. The van der Waals surface area contributed by atoms with Crippen LogP contribution in [-0.2, 0) is 24.2 Å². The first-order chi connectivity index (χ1) is 10.7. The van der Waals surface area contributed by atoms with Crippen molar-refractivity contribution >= 4 is 11.4 Å². The van der Waals surface area contributed by atoms with E-state index in [1.54, 1.807) is 6.07 Å². The Bertz CT molecular complexity index is 446. The Balaban J connectivity index is 2.75. The third-order valence-corrected chi connectivity index (χ3v) is 4.29. The summed E-state index contributed by atoms with van der Waals surface area (Å²) in [6.07, 6.45) is 11.6. The summed E-state index contributed by atoms with van der Waals surface area (Å²) < 4.78 is 25.1. The van der Waals surface area contributed by atoms with E-state index in [1.165, 1.54) is 50.5 Å². The van der Waals surface area contributed by atoms with Gasteiger partial charge < -0.3 is 4.18 Å². The van der Waals surface area contributed by atoms with Crippen LogP contribution >= 0.6 is 0 Å². The Morgan fingerprint density at radius 1 is 0.955 bits per heavy atom. The summed E-state index contributed by atoms with van der Waals surface area (Å²) in [5.41, 5.74) is 2.40. The molecule has 0 saturated carbocycles. The lowest BCUT2D eigenvalue weighted by atomic mass is 9.96. The Labute approximate surface area is 138 Å². The molecule has 3 nitrogen and oxygen atoms in total. The van der Waals surface area contributed by atoms with Crippen LogP contribution in [0, 0.1) is 0 Å². The van der Waals surface area contributed by atoms with Crippen LogP contribution in [0.2, 0.25) is 0 Å². The van der Waals surface area contributed by atoms with E-state index in [0.29, 0.717) is 5.75 Å². The highest BCUT2D eigenvalue weighted by molar-refractivity contribution is 7.74. The molecule has 0 saturated heterocycles. The second-order valence-corrected chi connectivity index (χ2v) is 6.42. The molecule has 22 heavy (non-hydrogen) atoms. The molecule has 0 aliphatic carbocycles. The average molecular weight is 327 g/mol. The molecule has 4 heteroatoms. The van der Waals surface area contributed by atoms with Crippen LogP contribution in [0.15, 0.2) is 18.2 Å². The van der Waals surface area contributed by atoms with E-state index in [9.17, 15) is 4.21 Å². The zero-order valence-corrected chi connectivity index (χ0v) is 14.8. The second-order valence-electron chi connectivity index (χ2n) is 5.82. The number of unbranched alkanes of at least 4 members (excludes halogenated alkanes) is 6. The number of hydrogen-bond acceptors (Lipinski definition) is 2. The van der Waals surface area contributed by atoms with E-state index in [1.807, 2.05) is 6.07 Å². The molecule has 0 bridgehead atoms. The van der Waals surface area contributed by atoms with Crippen molar-refractivity contribution in [1.29, 1.82) is 0 Å². The molecular weight excluding hydrogens is 296 g/mol. The predicted octanol–water partition coefficient (Wildman–Crippen LogP) is 5.45. The van der Waals surface area contributed by atoms with Crippen molar-refractivity contribution in [2.24, 2.45) is 0 Å².